The molecule has 92 valence electrons. The molecule has 3 heteroatoms. The lowest BCUT2D eigenvalue weighted by molar-refractivity contribution is 0.415. The molecule has 1 heterocycles. The van der Waals surface area contributed by atoms with Crippen LogP contribution in [0.15, 0.2) is 36.4 Å². The third-order valence-electron chi connectivity index (χ3n) is 3.85. The Morgan fingerprint density at radius 1 is 0.944 bits per heavy atom. The lowest BCUT2D eigenvalue weighted by Crippen LogP contribution is -2.49. The molecular weight excluding hydrogens is 243 g/mol. The summed E-state index contributed by atoms with van der Waals surface area (Å²) < 4.78 is 18.7. The summed E-state index contributed by atoms with van der Waals surface area (Å²) in [4.78, 5) is 0. The quantitative estimate of drug-likeness (QED) is 0.715. The van der Waals surface area contributed by atoms with Crippen molar-refractivity contribution in [3.8, 4) is 16.9 Å². The van der Waals surface area contributed by atoms with Crippen LogP contribution in [0, 0.1) is 5.82 Å². The number of ether oxygens (including phenoxy) is 1. The molecule has 0 bridgehead atoms. The van der Waals surface area contributed by atoms with Crippen molar-refractivity contribution in [3.63, 3.8) is 0 Å². The van der Waals surface area contributed by atoms with E-state index in [1.54, 1.807) is 19.2 Å². The SMILES string of the molecule is COc1ccc2c(c1)-c1cc(F)ccc1[Si]2(C)C. The van der Waals surface area contributed by atoms with Gasteiger partial charge in [-0.2, -0.15) is 0 Å². The molecule has 1 aliphatic heterocycles. The van der Waals surface area contributed by atoms with Crippen LogP contribution in [0.1, 0.15) is 0 Å². The summed E-state index contributed by atoms with van der Waals surface area (Å²) in [6, 6.07) is 11.3. The van der Waals surface area contributed by atoms with Crippen molar-refractivity contribution in [1.29, 1.82) is 0 Å². The van der Waals surface area contributed by atoms with E-state index in [4.69, 9.17) is 4.74 Å². The second-order valence-electron chi connectivity index (χ2n) is 5.23. The standard InChI is InChI=1S/C15H15FOSi/c1-17-11-5-7-15-13(9-11)12-8-10(16)4-6-14(12)18(15,2)3/h4-9H,1-3H3. The summed E-state index contributed by atoms with van der Waals surface area (Å²) >= 11 is 0. The van der Waals surface area contributed by atoms with Gasteiger partial charge in [-0.3, -0.25) is 0 Å². The molecule has 0 N–H and O–H groups in total. The van der Waals surface area contributed by atoms with Crippen LogP contribution in [0.2, 0.25) is 13.1 Å². The van der Waals surface area contributed by atoms with Crippen LogP contribution in [-0.4, -0.2) is 15.2 Å². The molecule has 0 amide bonds. The topological polar surface area (TPSA) is 9.23 Å². The monoisotopic (exact) mass is 258 g/mol. The zero-order valence-electron chi connectivity index (χ0n) is 10.8. The fourth-order valence-corrected chi connectivity index (χ4v) is 5.90. The molecule has 18 heavy (non-hydrogen) atoms. The molecule has 0 fully saturated rings. The van der Waals surface area contributed by atoms with Crippen LogP contribution in [0.25, 0.3) is 11.1 Å². The minimum Gasteiger partial charge on any atom is -0.497 e. The lowest BCUT2D eigenvalue weighted by atomic mass is 10.1. The predicted molar refractivity (Wildman–Crippen MR) is 75.1 cm³/mol. The van der Waals surface area contributed by atoms with Gasteiger partial charge in [-0.25, -0.2) is 4.39 Å². The Balaban J connectivity index is 2.33. The van der Waals surface area contributed by atoms with Gasteiger partial charge in [0.25, 0.3) is 0 Å². The largest absolute Gasteiger partial charge is 0.497 e. The molecule has 0 aliphatic carbocycles. The summed E-state index contributed by atoms with van der Waals surface area (Å²) in [6.45, 7) is 4.62. The number of rotatable bonds is 1. The molecule has 0 radical (unpaired) electrons. The van der Waals surface area contributed by atoms with Gasteiger partial charge in [0.15, 0.2) is 0 Å². The molecule has 2 aromatic rings. The summed E-state index contributed by atoms with van der Waals surface area (Å²) in [5.74, 6) is 0.657. The van der Waals surface area contributed by atoms with Crippen LogP contribution in [0.3, 0.4) is 0 Å². The third kappa shape index (κ3) is 1.44. The van der Waals surface area contributed by atoms with Gasteiger partial charge in [0.1, 0.15) is 19.6 Å². The first-order valence-corrected chi connectivity index (χ1v) is 9.03. The maximum Gasteiger partial charge on any atom is 0.123 e. The average Bonchev–Trinajstić information content (AvgIpc) is 2.58. The Kier molecular flexibility index (Phi) is 2.35. The van der Waals surface area contributed by atoms with Crippen LogP contribution in [0.5, 0.6) is 5.75 Å². The second-order valence-corrected chi connectivity index (χ2v) is 9.55. The molecule has 0 atom stereocenters. The number of hydrogen-bond acceptors (Lipinski definition) is 1. The van der Waals surface area contributed by atoms with E-state index < -0.39 is 8.07 Å². The zero-order valence-corrected chi connectivity index (χ0v) is 11.8. The number of hydrogen-bond donors (Lipinski definition) is 0. The Bertz CT molecular complexity index is 634. The van der Waals surface area contributed by atoms with Gasteiger partial charge in [-0.05, 0) is 45.8 Å². The fourth-order valence-electron chi connectivity index (χ4n) is 2.85. The van der Waals surface area contributed by atoms with E-state index in [1.165, 1.54) is 10.4 Å². The van der Waals surface area contributed by atoms with Crippen LogP contribution < -0.4 is 15.1 Å². The van der Waals surface area contributed by atoms with Crippen LogP contribution >= 0.6 is 0 Å². The minimum atomic E-state index is -1.66. The highest BCUT2D eigenvalue weighted by Crippen LogP contribution is 2.31. The van der Waals surface area contributed by atoms with E-state index >= 15 is 0 Å². The normalized spacial score (nSPS) is 15.1. The fraction of sp³-hybridized carbons (Fsp3) is 0.200. The molecule has 3 rings (SSSR count). The van der Waals surface area contributed by atoms with Crippen molar-refractivity contribution >= 4 is 18.4 Å². The van der Waals surface area contributed by atoms with Gasteiger partial charge in [0.05, 0.1) is 7.11 Å². The van der Waals surface area contributed by atoms with Gasteiger partial charge >= 0.3 is 0 Å². The molecule has 0 spiro atoms. The summed E-state index contributed by atoms with van der Waals surface area (Å²) in [5.41, 5.74) is 2.18. The maximum atomic E-state index is 13.5. The number of fused-ring (bicyclic) bond motifs is 3. The number of benzene rings is 2. The number of halogens is 1. The van der Waals surface area contributed by atoms with E-state index in [0.29, 0.717) is 0 Å². The Hall–Kier alpha value is -1.61. The van der Waals surface area contributed by atoms with Crippen molar-refractivity contribution < 1.29 is 9.13 Å². The van der Waals surface area contributed by atoms with E-state index in [2.05, 4.69) is 19.2 Å². The average molecular weight is 258 g/mol. The minimum absolute atomic E-state index is 0.172. The van der Waals surface area contributed by atoms with E-state index in [1.807, 2.05) is 18.2 Å². The van der Waals surface area contributed by atoms with Crippen molar-refractivity contribution in [2.75, 3.05) is 7.11 Å². The predicted octanol–water partition coefficient (Wildman–Crippen LogP) is 2.64. The van der Waals surface area contributed by atoms with Gasteiger partial charge in [-0.15, -0.1) is 0 Å². The summed E-state index contributed by atoms with van der Waals surface area (Å²) in [6.07, 6.45) is 0. The van der Waals surface area contributed by atoms with Gasteiger partial charge in [0, 0.05) is 0 Å². The smallest absolute Gasteiger partial charge is 0.123 e. The highest BCUT2D eigenvalue weighted by molar-refractivity contribution is 7.03. The molecular formula is C15H15FOSi. The van der Waals surface area contributed by atoms with Gasteiger partial charge in [0.2, 0.25) is 0 Å². The zero-order chi connectivity index (χ0) is 12.9. The first-order chi connectivity index (χ1) is 8.54. The molecule has 2 aromatic carbocycles. The molecule has 0 saturated heterocycles. The first-order valence-electron chi connectivity index (χ1n) is 6.03. The van der Waals surface area contributed by atoms with Gasteiger partial charge in [-0.1, -0.05) is 25.2 Å². The van der Waals surface area contributed by atoms with Crippen molar-refractivity contribution in [1.82, 2.24) is 0 Å². The van der Waals surface area contributed by atoms with E-state index in [0.717, 1.165) is 16.9 Å². The highest BCUT2D eigenvalue weighted by atomic mass is 28.3. The summed E-state index contributed by atoms with van der Waals surface area (Å²) in [7, 11) is -0.00382. The molecule has 1 aliphatic rings. The Morgan fingerprint density at radius 3 is 2.22 bits per heavy atom. The van der Waals surface area contributed by atoms with Crippen LogP contribution in [-0.2, 0) is 0 Å². The second kappa shape index (κ2) is 3.69. The Labute approximate surface area is 107 Å². The summed E-state index contributed by atoms with van der Waals surface area (Å²) in [5, 5.41) is 2.68. The lowest BCUT2D eigenvalue weighted by Gasteiger charge is -2.18. The van der Waals surface area contributed by atoms with E-state index in [9.17, 15) is 4.39 Å². The molecule has 0 aromatic heterocycles. The van der Waals surface area contributed by atoms with Crippen LogP contribution in [0.4, 0.5) is 4.39 Å². The van der Waals surface area contributed by atoms with Crippen molar-refractivity contribution in [3.05, 3.63) is 42.2 Å². The van der Waals surface area contributed by atoms with E-state index in [-0.39, 0.29) is 5.82 Å². The third-order valence-corrected chi connectivity index (χ3v) is 7.41. The number of methoxy groups -OCH3 is 1. The van der Waals surface area contributed by atoms with Gasteiger partial charge < -0.3 is 4.74 Å². The molecule has 1 nitrogen and oxygen atoms in total. The highest BCUT2D eigenvalue weighted by Gasteiger charge is 2.37. The van der Waals surface area contributed by atoms with Crippen molar-refractivity contribution in [2.24, 2.45) is 0 Å². The first kappa shape index (κ1) is 11.5. The molecule has 0 saturated carbocycles. The van der Waals surface area contributed by atoms with Crippen molar-refractivity contribution in [2.45, 2.75) is 13.1 Å². The molecule has 0 unspecified atom stereocenters. The Morgan fingerprint density at radius 2 is 1.56 bits per heavy atom. The maximum absolute atomic E-state index is 13.5.